The second-order valence-corrected chi connectivity index (χ2v) is 9.90. The lowest BCUT2D eigenvalue weighted by Gasteiger charge is -2.33. The van der Waals surface area contributed by atoms with Crippen LogP contribution in [-0.4, -0.2) is 29.3 Å². The van der Waals surface area contributed by atoms with E-state index < -0.39 is 0 Å². The van der Waals surface area contributed by atoms with Crippen molar-refractivity contribution >= 4 is 0 Å². The summed E-state index contributed by atoms with van der Waals surface area (Å²) in [6.45, 7) is 9.02. The monoisotopic (exact) mass is 414 g/mol. The molecule has 1 aromatic carbocycles. The molecule has 2 aliphatic carbocycles. The molecule has 0 amide bonds. The molecular weight excluding hydrogens is 368 g/mol. The van der Waals surface area contributed by atoms with Crippen molar-refractivity contribution in [2.45, 2.75) is 110 Å². The van der Waals surface area contributed by atoms with Gasteiger partial charge in [0.1, 0.15) is 5.75 Å². The second kappa shape index (κ2) is 12.1. The predicted molar refractivity (Wildman–Crippen MR) is 128 cm³/mol. The van der Waals surface area contributed by atoms with Crippen LogP contribution in [0.25, 0.3) is 0 Å². The normalized spacial score (nSPS) is 22.2. The number of hydrogen-bond donors (Lipinski definition) is 2. The van der Waals surface area contributed by atoms with Gasteiger partial charge in [0, 0.05) is 18.8 Å². The van der Waals surface area contributed by atoms with E-state index in [1.165, 1.54) is 81.8 Å². The van der Waals surface area contributed by atoms with Crippen molar-refractivity contribution in [3.63, 3.8) is 0 Å². The number of fused-ring (bicyclic) bond motifs is 1. The lowest BCUT2D eigenvalue weighted by atomic mass is 9.83. The van der Waals surface area contributed by atoms with Gasteiger partial charge in [0.05, 0.1) is 0 Å². The minimum absolute atomic E-state index is 0.418. The molecule has 3 heteroatoms. The molecule has 170 valence electrons. The van der Waals surface area contributed by atoms with Crippen LogP contribution < -0.4 is 5.32 Å². The Labute approximate surface area is 185 Å². The summed E-state index contributed by atoms with van der Waals surface area (Å²) in [6.07, 6.45) is 16.1. The highest BCUT2D eigenvalue weighted by Gasteiger charge is 2.33. The van der Waals surface area contributed by atoms with Crippen LogP contribution >= 0.6 is 0 Å². The van der Waals surface area contributed by atoms with Gasteiger partial charge in [-0.2, -0.15) is 0 Å². The minimum Gasteiger partial charge on any atom is -0.508 e. The lowest BCUT2D eigenvalue weighted by Crippen LogP contribution is -2.43. The largest absolute Gasteiger partial charge is 0.508 e. The van der Waals surface area contributed by atoms with Gasteiger partial charge in [0.2, 0.25) is 0 Å². The smallest absolute Gasteiger partial charge is 0.115 e. The number of rotatable bonds is 12. The molecule has 0 radical (unpaired) electrons. The number of nitrogens with zero attached hydrogens (tertiary/aromatic N) is 1. The molecule has 30 heavy (non-hydrogen) atoms. The van der Waals surface area contributed by atoms with Gasteiger partial charge in [-0.25, -0.2) is 0 Å². The van der Waals surface area contributed by atoms with E-state index in [4.69, 9.17) is 0 Å². The van der Waals surface area contributed by atoms with Gasteiger partial charge >= 0.3 is 0 Å². The zero-order valence-electron chi connectivity index (χ0n) is 19.8. The third-order valence-electron chi connectivity index (χ3n) is 7.77. The fourth-order valence-electron chi connectivity index (χ4n) is 6.09. The van der Waals surface area contributed by atoms with Crippen LogP contribution in [0.4, 0.5) is 0 Å². The van der Waals surface area contributed by atoms with Crippen LogP contribution in [0.1, 0.15) is 109 Å². The van der Waals surface area contributed by atoms with Gasteiger partial charge < -0.3 is 5.11 Å². The summed E-state index contributed by atoms with van der Waals surface area (Å²) in [7, 11) is 0. The Hall–Kier alpha value is -1.06. The summed E-state index contributed by atoms with van der Waals surface area (Å²) < 4.78 is 0. The zero-order chi connectivity index (χ0) is 21.3. The van der Waals surface area contributed by atoms with E-state index in [0.717, 1.165) is 25.6 Å². The van der Waals surface area contributed by atoms with Gasteiger partial charge in [-0.1, -0.05) is 78.2 Å². The maximum atomic E-state index is 10.0. The number of aromatic hydroxyl groups is 1. The fraction of sp³-hybridized carbons (Fsp3) is 0.778. The molecule has 2 atom stereocenters. The van der Waals surface area contributed by atoms with Gasteiger partial charge in [0.25, 0.3) is 0 Å². The van der Waals surface area contributed by atoms with Crippen molar-refractivity contribution in [3.05, 3.63) is 29.3 Å². The lowest BCUT2D eigenvalue weighted by molar-refractivity contribution is 0.154. The van der Waals surface area contributed by atoms with Crippen LogP contribution in [0.2, 0.25) is 0 Å². The molecule has 0 aromatic heterocycles. The highest BCUT2D eigenvalue weighted by molar-refractivity contribution is 5.41. The first-order chi connectivity index (χ1) is 14.7. The number of nitrogens with one attached hydrogen (secondary N) is 1. The molecule has 2 aliphatic rings. The molecule has 3 nitrogen and oxygen atoms in total. The molecule has 0 bridgehead atoms. The summed E-state index contributed by atoms with van der Waals surface area (Å²) in [5.41, 5.74) is 2.79. The topological polar surface area (TPSA) is 35.5 Å². The highest BCUT2D eigenvalue weighted by atomic mass is 16.3. The van der Waals surface area contributed by atoms with Crippen molar-refractivity contribution in [2.24, 2.45) is 11.8 Å². The molecule has 0 spiro atoms. The average Bonchev–Trinajstić information content (AvgIpc) is 3.10. The van der Waals surface area contributed by atoms with Crippen LogP contribution in [-0.2, 0) is 6.42 Å². The van der Waals surface area contributed by atoms with Crippen molar-refractivity contribution < 1.29 is 5.11 Å². The Balaban J connectivity index is 1.65. The van der Waals surface area contributed by atoms with Crippen LogP contribution in [0.5, 0.6) is 5.75 Å². The first-order valence-electron chi connectivity index (χ1n) is 12.9. The van der Waals surface area contributed by atoms with E-state index in [-0.39, 0.29) is 0 Å². The Morgan fingerprint density at radius 2 is 1.77 bits per heavy atom. The van der Waals surface area contributed by atoms with Gasteiger partial charge in [-0.05, 0) is 67.3 Å². The summed E-state index contributed by atoms with van der Waals surface area (Å²) in [6, 6.07) is 7.19. The minimum atomic E-state index is 0.418. The van der Waals surface area contributed by atoms with E-state index in [1.807, 2.05) is 12.1 Å². The quantitative estimate of drug-likeness (QED) is 0.369. The Morgan fingerprint density at radius 3 is 2.43 bits per heavy atom. The molecular formula is C27H46N2O. The van der Waals surface area contributed by atoms with E-state index in [1.54, 1.807) is 0 Å². The Bertz CT molecular complexity index is 619. The maximum Gasteiger partial charge on any atom is 0.115 e. The fourth-order valence-corrected chi connectivity index (χ4v) is 6.09. The molecule has 2 unspecified atom stereocenters. The average molecular weight is 415 g/mol. The van der Waals surface area contributed by atoms with Gasteiger partial charge in [0.15, 0.2) is 0 Å². The molecule has 2 N–H and O–H groups in total. The van der Waals surface area contributed by atoms with E-state index in [2.05, 4.69) is 37.1 Å². The third-order valence-corrected chi connectivity index (χ3v) is 7.77. The molecule has 0 saturated heterocycles. The van der Waals surface area contributed by atoms with Crippen molar-refractivity contribution in [3.8, 4) is 5.75 Å². The molecule has 1 aromatic rings. The Kier molecular flexibility index (Phi) is 9.52. The van der Waals surface area contributed by atoms with E-state index in [9.17, 15) is 5.11 Å². The molecule has 0 aliphatic heterocycles. The van der Waals surface area contributed by atoms with Crippen LogP contribution in [0.15, 0.2) is 18.2 Å². The molecule has 1 saturated carbocycles. The summed E-state index contributed by atoms with van der Waals surface area (Å²) in [5.74, 6) is 2.03. The maximum absolute atomic E-state index is 10.0. The molecule has 1 fully saturated rings. The summed E-state index contributed by atoms with van der Waals surface area (Å²) in [4.78, 5) is 2.66. The summed E-state index contributed by atoms with van der Waals surface area (Å²) in [5, 5.41) is 14.0. The van der Waals surface area contributed by atoms with E-state index in [0.29, 0.717) is 23.8 Å². The van der Waals surface area contributed by atoms with Crippen molar-refractivity contribution in [1.82, 2.24) is 10.2 Å². The summed E-state index contributed by atoms with van der Waals surface area (Å²) >= 11 is 0. The number of phenols is 1. The second-order valence-electron chi connectivity index (χ2n) is 9.90. The predicted octanol–water partition coefficient (Wildman–Crippen LogP) is 6.80. The first kappa shape index (κ1) is 23.6. The van der Waals surface area contributed by atoms with Crippen LogP contribution in [0.3, 0.4) is 0 Å². The number of phenolic OH excluding ortho intramolecular Hbond substituents is 1. The third kappa shape index (κ3) is 6.23. The molecule has 0 heterocycles. The van der Waals surface area contributed by atoms with Crippen LogP contribution in [0, 0.1) is 11.8 Å². The van der Waals surface area contributed by atoms with Gasteiger partial charge in [-0.15, -0.1) is 0 Å². The first-order valence-corrected chi connectivity index (χ1v) is 12.9. The SMILES string of the molecule is CCCC(CCC)N(CC)CNC1c2ccc(O)cc2CC1CCC1CCCCC1. The van der Waals surface area contributed by atoms with E-state index >= 15 is 0 Å². The van der Waals surface area contributed by atoms with Crippen molar-refractivity contribution in [2.75, 3.05) is 13.2 Å². The Morgan fingerprint density at radius 1 is 1.03 bits per heavy atom. The zero-order valence-corrected chi connectivity index (χ0v) is 19.8. The number of hydrogen-bond acceptors (Lipinski definition) is 3. The highest BCUT2D eigenvalue weighted by Crippen LogP contribution is 2.41. The standard InChI is InChI=1S/C27H46N2O/c1-4-10-24(11-5-2)29(6-3)20-28-27-22(15-14-21-12-8-7-9-13-21)18-23-19-25(30)16-17-26(23)27/h16-17,19,21-22,24,27-28,30H,4-15,18,20H2,1-3H3. The van der Waals surface area contributed by atoms with Crippen molar-refractivity contribution in [1.29, 1.82) is 0 Å². The number of benzene rings is 1. The van der Waals surface area contributed by atoms with Gasteiger partial charge in [-0.3, -0.25) is 10.2 Å². The molecule has 3 rings (SSSR count).